The van der Waals surface area contributed by atoms with Crippen LogP contribution in [0.2, 0.25) is 0 Å². The number of aromatic nitrogens is 2. The SMILES string of the molecule is Cc1c([N+](=O)[O-])cc(C(=O)Nc2nnc(CC(C)C)s2)cc1[N+](=O)[O-]. The average molecular weight is 365 g/mol. The molecule has 0 aliphatic heterocycles. The lowest BCUT2D eigenvalue weighted by molar-refractivity contribution is -0.395. The highest BCUT2D eigenvalue weighted by Crippen LogP contribution is 2.30. The molecule has 0 spiro atoms. The molecule has 10 nitrogen and oxygen atoms in total. The number of hydrogen-bond donors (Lipinski definition) is 1. The molecule has 0 saturated carbocycles. The van der Waals surface area contributed by atoms with Gasteiger partial charge in [0.2, 0.25) is 5.13 Å². The summed E-state index contributed by atoms with van der Waals surface area (Å²) in [5.74, 6) is -0.350. The Balaban J connectivity index is 2.31. The average Bonchev–Trinajstić information content (AvgIpc) is 2.92. The minimum atomic E-state index is -0.759. The number of nitro groups is 2. The molecule has 2 rings (SSSR count). The monoisotopic (exact) mass is 365 g/mol. The van der Waals surface area contributed by atoms with E-state index in [4.69, 9.17) is 0 Å². The van der Waals surface area contributed by atoms with Gasteiger partial charge in [0.15, 0.2) is 0 Å². The third kappa shape index (κ3) is 4.32. The standard InChI is InChI=1S/C14H15N5O5S/c1-7(2)4-12-16-17-14(25-12)15-13(20)9-5-10(18(21)22)8(3)11(6-9)19(23)24/h5-7H,4H2,1-3H3,(H,15,17,20). The van der Waals surface area contributed by atoms with Crippen LogP contribution in [0.5, 0.6) is 0 Å². The van der Waals surface area contributed by atoms with Crippen molar-refractivity contribution in [1.29, 1.82) is 0 Å². The molecule has 0 radical (unpaired) electrons. The van der Waals surface area contributed by atoms with Crippen LogP contribution in [0, 0.1) is 33.1 Å². The number of benzene rings is 1. The molecule has 1 N–H and O–H groups in total. The number of rotatable bonds is 6. The Hall–Kier alpha value is -2.95. The van der Waals surface area contributed by atoms with E-state index >= 15 is 0 Å². The van der Waals surface area contributed by atoms with Gasteiger partial charge >= 0.3 is 0 Å². The maximum absolute atomic E-state index is 12.3. The van der Waals surface area contributed by atoms with E-state index in [1.54, 1.807) is 0 Å². The molecule has 0 aliphatic carbocycles. The van der Waals surface area contributed by atoms with Crippen LogP contribution in [-0.4, -0.2) is 26.0 Å². The van der Waals surface area contributed by atoms with Crippen molar-refractivity contribution in [1.82, 2.24) is 10.2 Å². The van der Waals surface area contributed by atoms with Crippen LogP contribution in [0.3, 0.4) is 0 Å². The lowest BCUT2D eigenvalue weighted by Crippen LogP contribution is -2.13. The number of carbonyl (C=O) groups excluding carboxylic acids is 1. The number of anilines is 1. The predicted octanol–water partition coefficient (Wildman–Crippen LogP) is 3.11. The minimum absolute atomic E-state index is 0.110. The topological polar surface area (TPSA) is 141 Å². The van der Waals surface area contributed by atoms with Crippen LogP contribution < -0.4 is 5.32 Å². The Kier molecular flexibility index (Phi) is 5.37. The molecule has 1 aromatic heterocycles. The van der Waals surface area contributed by atoms with Gasteiger partial charge in [-0.25, -0.2) is 0 Å². The Morgan fingerprint density at radius 1 is 1.20 bits per heavy atom. The van der Waals surface area contributed by atoms with Crippen molar-refractivity contribution in [2.45, 2.75) is 27.2 Å². The van der Waals surface area contributed by atoms with Gasteiger partial charge < -0.3 is 0 Å². The van der Waals surface area contributed by atoms with Crippen molar-refractivity contribution in [3.63, 3.8) is 0 Å². The number of nitrogens with zero attached hydrogens (tertiary/aromatic N) is 4. The highest BCUT2D eigenvalue weighted by molar-refractivity contribution is 7.15. The van der Waals surface area contributed by atoms with Gasteiger partial charge in [-0.15, -0.1) is 10.2 Å². The van der Waals surface area contributed by atoms with Crippen molar-refractivity contribution < 1.29 is 14.6 Å². The predicted molar refractivity (Wildman–Crippen MR) is 90.9 cm³/mol. The molecule has 1 aromatic carbocycles. The summed E-state index contributed by atoms with van der Waals surface area (Å²) in [7, 11) is 0. The van der Waals surface area contributed by atoms with E-state index < -0.39 is 27.1 Å². The molecular weight excluding hydrogens is 350 g/mol. The van der Waals surface area contributed by atoms with Crippen LogP contribution in [0.15, 0.2) is 12.1 Å². The van der Waals surface area contributed by atoms with E-state index in [1.165, 1.54) is 18.3 Å². The van der Waals surface area contributed by atoms with E-state index in [0.717, 1.165) is 17.1 Å². The van der Waals surface area contributed by atoms with Crippen molar-refractivity contribution in [3.8, 4) is 0 Å². The van der Waals surface area contributed by atoms with Crippen LogP contribution in [0.1, 0.15) is 34.8 Å². The summed E-state index contributed by atoms with van der Waals surface area (Å²) in [5.41, 5.74) is -1.28. The Labute approximate surface area is 146 Å². The zero-order valence-electron chi connectivity index (χ0n) is 13.7. The Bertz CT molecular complexity index is 813. The fourth-order valence-electron chi connectivity index (χ4n) is 2.10. The molecule has 0 bridgehead atoms. The van der Waals surface area contributed by atoms with Gasteiger partial charge in [-0.3, -0.25) is 30.3 Å². The summed E-state index contributed by atoms with van der Waals surface area (Å²) >= 11 is 1.19. The molecule has 1 amide bonds. The molecule has 132 valence electrons. The number of carbonyl (C=O) groups is 1. The van der Waals surface area contributed by atoms with Crippen molar-refractivity contribution >= 4 is 33.8 Å². The zero-order valence-corrected chi connectivity index (χ0v) is 14.5. The summed E-state index contributed by atoms with van der Waals surface area (Å²) in [6.07, 6.45) is 0.703. The molecule has 25 heavy (non-hydrogen) atoms. The van der Waals surface area contributed by atoms with Crippen LogP contribution in [0.4, 0.5) is 16.5 Å². The van der Waals surface area contributed by atoms with Gasteiger partial charge in [0, 0.05) is 18.6 Å². The second-order valence-corrected chi connectivity index (χ2v) is 6.77. The first-order chi connectivity index (χ1) is 11.7. The minimum Gasteiger partial charge on any atom is -0.296 e. The van der Waals surface area contributed by atoms with E-state index in [2.05, 4.69) is 15.5 Å². The molecule has 0 fully saturated rings. The largest absolute Gasteiger partial charge is 0.296 e. The molecule has 0 aliphatic rings. The Morgan fingerprint density at radius 3 is 2.24 bits per heavy atom. The zero-order chi connectivity index (χ0) is 18.7. The van der Waals surface area contributed by atoms with Gasteiger partial charge in [-0.1, -0.05) is 25.2 Å². The smallest absolute Gasteiger partial charge is 0.279 e. The molecule has 0 saturated heterocycles. The first kappa shape index (κ1) is 18.4. The molecule has 1 heterocycles. The van der Waals surface area contributed by atoms with Crippen molar-refractivity contribution in [3.05, 3.63) is 48.5 Å². The van der Waals surface area contributed by atoms with E-state index in [0.29, 0.717) is 12.3 Å². The number of hydrogen-bond acceptors (Lipinski definition) is 8. The van der Waals surface area contributed by atoms with Crippen LogP contribution >= 0.6 is 11.3 Å². The Morgan fingerprint density at radius 2 is 1.76 bits per heavy atom. The van der Waals surface area contributed by atoms with E-state index in [-0.39, 0.29) is 16.3 Å². The number of nitro benzene ring substituents is 2. The molecule has 0 unspecified atom stereocenters. The van der Waals surface area contributed by atoms with Crippen LogP contribution in [0.25, 0.3) is 0 Å². The summed E-state index contributed by atoms with van der Waals surface area (Å²) in [4.78, 5) is 32.9. The van der Waals surface area contributed by atoms with Crippen molar-refractivity contribution in [2.75, 3.05) is 5.32 Å². The van der Waals surface area contributed by atoms with E-state index in [9.17, 15) is 25.0 Å². The third-order valence-electron chi connectivity index (χ3n) is 3.28. The quantitative estimate of drug-likeness (QED) is 0.612. The van der Waals surface area contributed by atoms with Gasteiger partial charge in [-0.2, -0.15) is 0 Å². The summed E-state index contributed by atoms with van der Waals surface area (Å²) in [6, 6.07) is 2.02. The highest BCUT2D eigenvalue weighted by Gasteiger charge is 2.25. The maximum atomic E-state index is 12.3. The normalized spacial score (nSPS) is 10.7. The van der Waals surface area contributed by atoms with Gasteiger partial charge in [0.1, 0.15) is 10.6 Å². The lowest BCUT2D eigenvalue weighted by Gasteiger charge is -2.04. The van der Waals surface area contributed by atoms with Gasteiger partial charge in [0.25, 0.3) is 17.3 Å². The molecule has 2 aromatic rings. The highest BCUT2D eigenvalue weighted by atomic mass is 32.1. The first-order valence-electron chi connectivity index (χ1n) is 7.26. The number of amides is 1. The molecule has 0 atom stereocenters. The fourth-order valence-corrected chi connectivity index (χ4v) is 3.05. The van der Waals surface area contributed by atoms with Crippen molar-refractivity contribution in [2.24, 2.45) is 5.92 Å². The fraction of sp³-hybridized carbons (Fsp3) is 0.357. The second kappa shape index (κ2) is 7.30. The summed E-state index contributed by atoms with van der Waals surface area (Å²) in [6.45, 7) is 5.30. The molecular formula is C14H15N5O5S. The van der Waals surface area contributed by atoms with Gasteiger partial charge in [-0.05, 0) is 12.8 Å². The van der Waals surface area contributed by atoms with E-state index in [1.807, 2.05) is 13.8 Å². The molecule has 11 heteroatoms. The number of nitrogens with one attached hydrogen (secondary N) is 1. The van der Waals surface area contributed by atoms with Crippen LogP contribution in [-0.2, 0) is 6.42 Å². The summed E-state index contributed by atoms with van der Waals surface area (Å²) in [5, 5.41) is 33.4. The summed E-state index contributed by atoms with van der Waals surface area (Å²) < 4.78 is 0. The first-order valence-corrected chi connectivity index (χ1v) is 8.07. The van der Waals surface area contributed by atoms with Gasteiger partial charge in [0.05, 0.1) is 15.4 Å². The lowest BCUT2D eigenvalue weighted by atomic mass is 10.1. The third-order valence-corrected chi connectivity index (χ3v) is 4.14. The maximum Gasteiger partial charge on any atom is 0.279 e. The second-order valence-electron chi connectivity index (χ2n) is 5.71.